The molecule has 2 aliphatic heterocycles. The summed E-state index contributed by atoms with van der Waals surface area (Å²) < 4.78 is 11.7. The topological polar surface area (TPSA) is 131 Å². The zero-order chi connectivity index (χ0) is 36.0. The summed E-state index contributed by atoms with van der Waals surface area (Å²) in [5.41, 5.74) is 0.363. The van der Waals surface area contributed by atoms with Crippen molar-refractivity contribution in [3.63, 3.8) is 0 Å². The van der Waals surface area contributed by atoms with E-state index in [0.717, 1.165) is 80.5 Å². The largest absolute Gasteiger partial charge is 0.460 e. The van der Waals surface area contributed by atoms with Gasteiger partial charge in [0.15, 0.2) is 0 Å². The summed E-state index contributed by atoms with van der Waals surface area (Å²) in [5, 5.41) is 25.6. The van der Waals surface area contributed by atoms with Gasteiger partial charge in [-0.2, -0.15) is 0 Å². The highest BCUT2D eigenvalue weighted by molar-refractivity contribution is 5.82. The molecule has 4 atom stereocenters. The molecule has 1 aromatic carbocycles. The smallest absolute Gasteiger partial charge is 0.317 e. The molecule has 5 N–H and O–H groups in total. The fourth-order valence-corrected chi connectivity index (χ4v) is 6.94. The van der Waals surface area contributed by atoms with Gasteiger partial charge in [-0.05, 0) is 85.4 Å². The Morgan fingerprint density at radius 3 is 2.14 bits per heavy atom. The first-order chi connectivity index (χ1) is 23.3. The molecule has 0 bridgehead atoms. The average Bonchev–Trinajstić information content (AvgIpc) is 3.53. The van der Waals surface area contributed by atoms with Crippen LogP contribution in [-0.4, -0.2) is 106 Å². The number of para-hydroxylation sites is 1. The second-order valence-corrected chi connectivity index (χ2v) is 15.1. The molecule has 278 valence electrons. The van der Waals surface area contributed by atoms with E-state index < -0.39 is 5.60 Å². The van der Waals surface area contributed by atoms with Gasteiger partial charge in [0.05, 0.1) is 5.60 Å². The van der Waals surface area contributed by atoms with Gasteiger partial charge in [-0.1, -0.05) is 39.0 Å². The molecule has 0 spiro atoms. The van der Waals surface area contributed by atoms with Crippen molar-refractivity contribution in [2.75, 3.05) is 67.1 Å². The Kier molecular flexibility index (Phi) is 16.2. The van der Waals surface area contributed by atoms with Crippen LogP contribution in [0.1, 0.15) is 97.3 Å². The predicted molar refractivity (Wildman–Crippen MR) is 198 cm³/mol. The van der Waals surface area contributed by atoms with Crippen LogP contribution in [0.15, 0.2) is 28.7 Å². The van der Waals surface area contributed by atoms with Crippen LogP contribution in [0.2, 0.25) is 0 Å². The number of urea groups is 2. The molecule has 4 rings (SSSR count). The summed E-state index contributed by atoms with van der Waals surface area (Å²) in [7, 11) is 5.48. The molecule has 2 fully saturated rings. The number of likely N-dealkylation sites (N-methyl/N-ethyl adjacent to an activating group) is 2. The van der Waals surface area contributed by atoms with Crippen molar-refractivity contribution in [3.8, 4) is 0 Å². The number of hydrogen-bond donors (Lipinski definition) is 5. The minimum absolute atomic E-state index is 0.0356. The van der Waals surface area contributed by atoms with Crippen molar-refractivity contribution in [3.05, 3.63) is 35.6 Å². The van der Waals surface area contributed by atoms with E-state index in [0.29, 0.717) is 32.7 Å². The molecule has 49 heavy (non-hydrogen) atoms. The lowest BCUT2D eigenvalue weighted by atomic mass is 9.73. The van der Waals surface area contributed by atoms with E-state index in [1.165, 1.54) is 6.42 Å². The number of ether oxygens (including phenoxy) is 1. The lowest BCUT2D eigenvalue weighted by Gasteiger charge is -2.43. The Bertz CT molecular complexity index is 1290. The Morgan fingerprint density at radius 2 is 1.55 bits per heavy atom. The van der Waals surface area contributed by atoms with Crippen molar-refractivity contribution in [2.45, 2.75) is 109 Å². The van der Waals surface area contributed by atoms with Crippen LogP contribution in [0.3, 0.4) is 0 Å². The zero-order valence-electron chi connectivity index (χ0n) is 31.6. The van der Waals surface area contributed by atoms with Crippen LogP contribution < -0.4 is 21.3 Å². The standard InChI is InChI=1S/C28H45N3O4.C10H21N3O/c1-20(18-29-5)30-26(32)31-15-10-12-22(19-31)28(33,14-7-8-16-34-6)23-13-9-11-21-17-24(27(2,3)4)35-25(21)23;1-9(8-11-2)12-10(14)13-6-4-3-5-7-13/h9,11,13,17,20,22,29,33H,7-8,10,12,14-16,18-19H2,1-6H3,(H,30,32);9,11H,3-8H2,1-2H3,(H,12,14)/t20-,22+,28-;9-/m00/s1. The number of carbonyl (C=O) groups is 2. The minimum atomic E-state index is -1.10. The molecule has 0 saturated carbocycles. The monoisotopic (exact) mass is 687 g/mol. The third-order valence-corrected chi connectivity index (χ3v) is 9.69. The maximum absolute atomic E-state index is 13.0. The average molecular weight is 687 g/mol. The van der Waals surface area contributed by atoms with E-state index in [-0.39, 0.29) is 35.5 Å². The van der Waals surface area contributed by atoms with Gasteiger partial charge in [0.25, 0.3) is 0 Å². The van der Waals surface area contributed by atoms with Gasteiger partial charge in [0.1, 0.15) is 11.3 Å². The minimum Gasteiger partial charge on any atom is -0.460 e. The summed E-state index contributed by atoms with van der Waals surface area (Å²) in [5.74, 6) is 0.822. The van der Waals surface area contributed by atoms with E-state index in [1.807, 2.05) is 55.9 Å². The van der Waals surface area contributed by atoms with E-state index in [9.17, 15) is 14.7 Å². The normalized spacial score (nSPS) is 19.4. The first-order valence-corrected chi connectivity index (χ1v) is 18.5. The number of unbranched alkanes of at least 4 members (excludes halogenated alkanes) is 1. The van der Waals surface area contributed by atoms with Gasteiger partial charge in [0.2, 0.25) is 0 Å². The molecule has 0 unspecified atom stereocenters. The van der Waals surface area contributed by atoms with E-state index in [2.05, 4.69) is 48.1 Å². The van der Waals surface area contributed by atoms with Gasteiger partial charge >= 0.3 is 12.1 Å². The summed E-state index contributed by atoms with van der Waals surface area (Å²) in [6, 6.07) is 8.41. The fraction of sp³-hybridized carbons (Fsp3) is 0.737. The third-order valence-electron chi connectivity index (χ3n) is 9.69. The number of hydrogen-bond acceptors (Lipinski definition) is 7. The number of likely N-dealkylation sites (tertiary alicyclic amines) is 2. The molecule has 2 aromatic rings. The fourth-order valence-electron chi connectivity index (χ4n) is 6.94. The zero-order valence-corrected chi connectivity index (χ0v) is 31.6. The van der Waals surface area contributed by atoms with Crippen LogP contribution in [0.4, 0.5) is 9.59 Å². The second kappa shape index (κ2) is 19.5. The Balaban J connectivity index is 0.000000388. The number of methoxy groups -OCH3 is 1. The maximum atomic E-state index is 13.0. The molecule has 0 aliphatic carbocycles. The summed E-state index contributed by atoms with van der Waals surface area (Å²) in [4.78, 5) is 28.4. The van der Waals surface area contributed by atoms with Gasteiger partial charge in [-0.15, -0.1) is 0 Å². The van der Waals surface area contributed by atoms with E-state index in [1.54, 1.807) is 7.11 Å². The number of rotatable bonds is 13. The summed E-state index contributed by atoms with van der Waals surface area (Å²) in [6.45, 7) is 15.6. The Hall–Kier alpha value is -2.86. The van der Waals surface area contributed by atoms with Crippen LogP contribution >= 0.6 is 0 Å². The predicted octanol–water partition coefficient (Wildman–Crippen LogP) is 5.55. The van der Waals surface area contributed by atoms with Crippen LogP contribution in [0, 0.1) is 5.92 Å². The number of furan rings is 1. The van der Waals surface area contributed by atoms with Crippen LogP contribution in [0.25, 0.3) is 11.0 Å². The summed E-state index contributed by atoms with van der Waals surface area (Å²) in [6.07, 6.45) is 7.57. The Labute approximate surface area is 295 Å². The molecule has 3 heterocycles. The molecular weight excluding hydrogens is 620 g/mol. The number of fused-ring (bicyclic) bond motifs is 1. The number of amides is 4. The Morgan fingerprint density at radius 1 is 0.939 bits per heavy atom. The van der Waals surface area contributed by atoms with Crippen molar-refractivity contribution < 1.29 is 23.8 Å². The lowest BCUT2D eigenvalue weighted by Crippen LogP contribution is -2.53. The lowest BCUT2D eigenvalue weighted by molar-refractivity contribution is -0.0558. The molecular formula is C38H66N6O5. The molecule has 1 aromatic heterocycles. The second-order valence-electron chi connectivity index (χ2n) is 15.1. The van der Waals surface area contributed by atoms with Crippen molar-refractivity contribution in [1.82, 2.24) is 31.1 Å². The molecule has 11 heteroatoms. The third kappa shape index (κ3) is 11.9. The number of piperidine rings is 2. The SMILES string of the molecule is CNC[C@H](C)NC(=O)N1CCCCC1.CNC[C@H](C)NC(=O)N1CCC[C@@H]([C@@](O)(CCCCOC)c2cccc3cc(C(C)(C)C)oc23)C1. The quantitative estimate of drug-likeness (QED) is 0.175. The highest BCUT2D eigenvalue weighted by Crippen LogP contribution is 2.44. The first-order valence-electron chi connectivity index (χ1n) is 18.5. The van der Waals surface area contributed by atoms with Crippen LogP contribution in [0.5, 0.6) is 0 Å². The number of benzene rings is 1. The number of nitrogens with zero attached hydrogens (tertiary/aromatic N) is 2. The molecule has 11 nitrogen and oxygen atoms in total. The number of nitrogens with one attached hydrogen (secondary N) is 4. The molecule has 2 saturated heterocycles. The van der Waals surface area contributed by atoms with Crippen molar-refractivity contribution >= 4 is 23.0 Å². The molecule has 2 aliphatic rings. The van der Waals surface area contributed by atoms with Crippen molar-refractivity contribution in [1.29, 1.82) is 0 Å². The van der Waals surface area contributed by atoms with E-state index >= 15 is 0 Å². The van der Waals surface area contributed by atoms with Gasteiger partial charge in [-0.3, -0.25) is 0 Å². The highest BCUT2D eigenvalue weighted by atomic mass is 16.5. The number of carbonyl (C=O) groups excluding carboxylic acids is 2. The van der Waals surface area contributed by atoms with Gasteiger partial charge in [-0.25, -0.2) is 9.59 Å². The highest BCUT2D eigenvalue weighted by Gasteiger charge is 2.43. The first kappa shape index (κ1) is 40.6. The molecule has 0 radical (unpaired) electrons. The van der Waals surface area contributed by atoms with Crippen LogP contribution in [-0.2, 0) is 15.8 Å². The van der Waals surface area contributed by atoms with Gasteiger partial charge < -0.3 is 45.3 Å². The molecule has 4 amide bonds. The summed E-state index contributed by atoms with van der Waals surface area (Å²) >= 11 is 0. The number of aliphatic hydroxyl groups is 1. The van der Waals surface area contributed by atoms with E-state index in [4.69, 9.17) is 9.15 Å². The van der Waals surface area contributed by atoms with Crippen molar-refractivity contribution in [2.24, 2.45) is 5.92 Å². The van der Waals surface area contributed by atoms with Gasteiger partial charge in [0, 0.05) is 87.4 Å². The maximum Gasteiger partial charge on any atom is 0.317 e.